The van der Waals surface area contributed by atoms with Crippen molar-refractivity contribution in [1.82, 2.24) is 9.78 Å². The standard InChI is InChI=1S/C26H22N4O4/c1-17(25(32)28-20-14-12-19(13-15-20)24(27)31)34-26(33)23-16-22(18-8-4-2-5-9-18)29-30(23)21-10-6-3-7-11-21/h2-17H,1H3,(H2,27,31)(H,28,32). The number of amides is 2. The van der Waals surface area contributed by atoms with Crippen LogP contribution in [0.4, 0.5) is 5.69 Å². The Morgan fingerprint density at radius 2 is 1.53 bits per heavy atom. The molecule has 0 aliphatic heterocycles. The molecular weight excluding hydrogens is 432 g/mol. The van der Waals surface area contributed by atoms with Crippen LogP contribution in [0.3, 0.4) is 0 Å². The summed E-state index contributed by atoms with van der Waals surface area (Å²) in [5, 5.41) is 7.24. The van der Waals surface area contributed by atoms with Crippen LogP contribution < -0.4 is 11.1 Å². The van der Waals surface area contributed by atoms with Crippen molar-refractivity contribution >= 4 is 23.5 Å². The third-order valence-electron chi connectivity index (χ3n) is 5.08. The van der Waals surface area contributed by atoms with Crippen molar-refractivity contribution in [3.05, 3.63) is 102 Å². The van der Waals surface area contributed by atoms with Crippen molar-refractivity contribution in [2.24, 2.45) is 5.73 Å². The second-order valence-electron chi connectivity index (χ2n) is 7.51. The maximum Gasteiger partial charge on any atom is 0.357 e. The van der Waals surface area contributed by atoms with Gasteiger partial charge in [-0.15, -0.1) is 0 Å². The van der Waals surface area contributed by atoms with E-state index in [4.69, 9.17) is 10.5 Å². The summed E-state index contributed by atoms with van der Waals surface area (Å²) in [6, 6.07) is 26.4. The average Bonchev–Trinajstić information content (AvgIpc) is 3.31. The van der Waals surface area contributed by atoms with Crippen molar-refractivity contribution in [3.8, 4) is 16.9 Å². The van der Waals surface area contributed by atoms with Gasteiger partial charge in [0.15, 0.2) is 11.8 Å². The lowest BCUT2D eigenvalue weighted by Crippen LogP contribution is -2.30. The van der Waals surface area contributed by atoms with Gasteiger partial charge in [-0.05, 0) is 49.4 Å². The minimum atomic E-state index is -1.08. The number of nitrogens with zero attached hydrogens (tertiary/aromatic N) is 2. The van der Waals surface area contributed by atoms with Crippen LogP contribution in [0.15, 0.2) is 91.0 Å². The molecule has 0 radical (unpaired) electrons. The molecule has 0 aliphatic rings. The molecule has 4 aromatic rings. The van der Waals surface area contributed by atoms with Gasteiger partial charge in [0.25, 0.3) is 5.91 Å². The molecule has 2 amide bonds. The third kappa shape index (κ3) is 5.02. The quantitative estimate of drug-likeness (QED) is 0.412. The van der Waals surface area contributed by atoms with E-state index in [0.717, 1.165) is 5.56 Å². The highest BCUT2D eigenvalue weighted by molar-refractivity contribution is 5.98. The Balaban J connectivity index is 1.54. The lowest BCUT2D eigenvalue weighted by molar-refractivity contribution is -0.123. The molecule has 4 rings (SSSR count). The number of anilines is 1. The Kier molecular flexibility index (Phi) is 6.49. The van der Waals surface area contributed by atoms with Crippen molar-refractivity contribution in [2.75, 3.05) is 5.32 Å². The first-order chi connectivity index (χ1) is 16.4. The topological polar surface area (TPSA) is 116 Å². The van der Waals surface area contributed by atoms with Gasteiger partial charge in [-0.1, -0.05) is 48.5 Å². The van der Waals surface area contributed by atoms with E-state index in [9.17, 15) is 14.4 Å². The Labute approximate surface area is 196 Å². The molecule has 0 saturated heterocycles. The molecule has 0 saturated carbocycles. The monoisotopic (exact) mass is 454 g/mol. The van der Waals surface area contributed by atoms with E-state index in [2.05, 4.69) is 10.4 Å². The molecule has 8 nitrogen and oxygen atoms in total. The van der Waals surface area contributed by atoms with E-state index in [0.29, 0.717) is 22.6 Å². The number of aromatic nitrogens is 2. The number of ether oxygens (including phenoxy) is 1. The van der Waals surface area contributed by atoms with Crippen molar-refractivity contribution in [1.29, 1.82) is 0 Å². The zero-order valence-electron chi connectivity index (χ0n) is 18.3. The second kappa shape index (κ2) is 9.83. The van der Waals surface area contributed by atoms with Gasteiger partial charge in [-0.2, -0.15) is 5.10 Å². The molecule has 1 aromatic heterocycles. The second-order valence-corrected chi connectivity index (χ2v) is 7.51. The van der Waals surface area contributed by atoms with E-state index in [1.54, 1.807) is 18.2 Å². The largest absolute Gasteiger partial charge is 0.448 e. The minimum absolute atomic E-state index is 0.190. The predicted octanol–water partition coefficient (Wildman–Crippen LogP) is 3.82. The SMILES string of the molecule is CC(OC(=O)c1cc(-c2ccccc2)nn1-c1ccccc1)C(=O)Nc1ccc(C(N)=O)cc1. The molecular formula is C26H22N4O4. The number of primary amides is 1. The number of para-hydroxylation sites is 1. The Hall–Kier alpha value is -4.72. The number of hydrogen-bond acceptors (Lipinski definition) is 5. The summed E-state index contributed by atoms with van der Waals surface area (Å²) in [6.45, 7) is 1.48. The van der Waals surface area contributed by atoms with Gasteiger partial charge in [0, 0.05) is 16.8 Å². The number of benzene rings is 3. The molecule has 0 bridgehead atoms. The molecule has 0 aliphatic carbocycles. The van der Waals surface area contributed by atoms with Crippen LogP contribution in [0.5, 0.6) is 0 Å². The van der Waals surface area contributed by atoms with E-state index >= 15 is 0 Å². The average molecular weight is 454 g/mol. The molecule has 3 N–H and O–H groups in total. The van der Waals surface area contributed by atoms with Gasteiger partial charge in [-0.3, -0.25) is 9.59 Å². The Morgan fingerprint density at radius 3 is 2.15 bits per heavy atom. The van der Waals surface area contributed by atoms with Crippen molar-refractivity contribution in [3.63, 3.8) is 0 Å². The molecule has 8 heteroatoms. The summed E-state index contributed by atoms with van der Waals surface area (Å²) in [5.74, 6) is -1.77. The van der Waals surface area contributed by atoms with Gasteiger partial charge >= 0.3 is 5.97 Å². The number of carbonyl (C=O) groups is 3. The minimum Gasteiger partial charge on any atom is -0.448 e. The summed E-state index contributed by atoms with van der Waals surface area (Å²) in [4.78, 5) is 36.8. The summed E-state index contributed by atoms with van der Waals surface area (Å²) in [6.07, 6.45) is -1.08. The highest BCUT2D eigenvalue weighted by Gasteiger charge is 2.24. The fourth-order valence-electron chi connectivity index (χ4n) is 3.28. The van der Waals surface area contributed by atoms with Crippen molar-refractivity contribution < 1.29 is 19.1 Å². The molecule has 0 spiro atoms. The number of hydrogen-bond donors (Lipinski definition) is 2. The van der Waals surface area contributed by atoms with E-state index in [1.807, 2.05) is 60.7 Å². The predicted molar refractivity (Wildman–Crippen MR) is 127 cm³/mol. The molecule has 0 fully saturated rings. The van der Waals surface area contributed by atoms with Crippen LogP contribution in [-0.2, 0) is 9.53 Å². The number of esters is 1. The van der Waals surface area contributed by atoms with E-state index in [-0.39, 0.29) is 5.69 Å². The maximum absolute atomic E-state index is 13.1. The number of rotatable bonds is 7. The van der Waals surface area contributed by atoms with Crippen LogP contribution in [0.25, 0.3) is 16.9 Å². The molecule has 1 atom stereocenters. The van der Waals surface area contributed by atoms with Gasteiger partial charge in [0.2, 0.25) is 5.91 Å². The first kappa shape index (κ1) is 22.5. The van der Waals surface area contributed by atoms with Crippen LogP contribution >= 0.6 is 0 Å². The summed E-state index contributed by atoms with van der Waals surface area (Å²) >= 11 is 0. The fraction of sp³-hybridized carbons (Fsp3) is 0.0769. The lowest BCUT2D eigenvalue weighted by Gasteiger charge is -2.14. The highest BCUT2D eigenvalue weighted by Crippen LogP contribution is 2.22. The van der Waals surface area contributed by atoms with Gasteiger partial charge in [0.1, 0.15) is 0 Å². The van der Waals surface area contributed by atoms with E-state index < -0.39 is 23.9 Å². The summed E-state index contributed by atoms with van der Waals surface area (Å²) in [5.41, 5.74) is 8.31. The van der Waals surface area contributed by atoms with Crippen LogP contribution in [0, 0.1) is 0 Å². The van der Waals surface area contributed by atoms with Gasteiger partial charge in [-0.25, -0.2) is 9.48 Å². The Morgan fingerprint density at radius 1 is 0.912 bits per heavy atom. The number of carbonyl (C=O) groups excluding carboxylic acids is 3. The van der Waals surface area contributed by atoms with E-state index in [1.165, 1.54) is 23.7 Å². The highest BCUT2D eigenvalue weighted by atomic mass is 16.5. The number of nitrogens with two attached hydrogens (primary N) is 1. The molecule has 1 heterocycles. The zero-order chi connectivity index (χ0) is 24.1. The van der Waals surface area contributed by atoms with Crippen LogP contribution in [0.2, 0.25) is 0 Å². The maximum atomic E-state index is 13.1. The molecule has 170 valence electrons. The van der Waals surface area contributed by atoms with Gasteiger partial charge < -0.3 is 15.8 Å². The Bertz CT molecular complexity index is 1320. The first-order valence-corrected chi connectivity index (χ1v) is 10.5. The van der Waals surface area contributed by atoms with Gasteiger partial charge in [0.05, 0.1) is 11.4 Å². The normalized spacial score (nSPS) is 11.4. The zero-order valence-corrected chi connectivity index (χ0v) is 18.3. The summed E-state index contributed by atoms with van der Waals surface area (Å²) in [7, 11) is 0. The molecule has 34 heavy (non-hydrogen) atoms. The third-order valence-corrected chi connectivity index (χ3v) is 5.08. The molecule has 3 aromatic carbocycles. The summed E-state index contributed by atoms with van der Waals surface area (Å²) < 4.78 is 6.96. The first-order valence-electron chi connectivity index (χ1n) is 10.5. The van der Waals surface area contributed by atoms with Crippen molar-refractivity contribution in [2.45, 2.75) is 13.0 Å². The smallest absolute Gasteiger partial charge is 0.357 e. The van der Waals surface area contributed by atoms with Crippen LogP contribution in [0.1, 0.15) is 27.8 Å². The fourth-order valence-corrected chi connectivity index (χ4v) is 3.28. The molecule has 1 unspecified atom stereocenters. The number of nitrogens with one attached hydrogen (secondary N) is 1. The van der Waals surface area contributed by atoms with Crippen LogP contribution in [-0.4, -0.2) is 33.7 Å². The lowest BCUT2D eigenvalue weighted by atomic mass is 10.1.